The Kier molecular flexibility index (Phi) is 6.11. The van der Waals surface area contributed by atoms with E-state index in [-0.39, 0.29) is 36.9 Å². The number of nitrogens with zero attached hydrogens (tertiary/aromatic N) is 2. The molecule has 8 nitrogen and oxygen atoms in total. The molecule has 8 heteroatoms. The number of carbonyl (C=O) groups is 1. The monoisotopic (exact) mass is 386 g/mol. The Morgan fingerprint density at radius 3 is 2.57 bits per heavy atom. The number of H-pyrrole nitrogens is 1. The highest BCUT2D eigenvalue weighted by Crippen LogP contribution is 2.28. The van der Waals surface area contributed by atoms with Crippen molar-refractivity contribution in [3.63, 3.8) is 0 Å². The lowest BCUT2D eigenvalue weighted by atomic mass is 10.1. The highest BCUT2D eigenvalue weighted by Gasteiger charge is 2.32. The maximum absolute atomic E-state index is 12.9. The van der Waals surface area contributed by atoms with E-state index in [1.807, 2.05) is 31.2 Å². The van der Waals surface area contributed by atoms with Gasteiger partial charge in [0, 0.05) is 19.7 Å². The van der Waals surface area contributed by atoms with Crippen LogP contribution in [0, 0.1) is 6.92 Å². The summed E-state index contributed by atoms with van der Waals surface area (Å²) in [6.07, 6.45) is 2.05. The summed E-state index contributed by atoms with van der Waals surface area (Å²) in [5.74, 6) is -0.495. The summed E-state index contributed by atoms with van der Waals surface area (Å²) < 4.78 is 6.13. The Labute approximate surface area is 162 Å². The minimum atomic E-state index is -0.743. The van der Waals surface area contributed by atoms with Crippen LogP contribution in [0.15, 0.2) is 33.9 Å². The molecule has 1 aliphatic rings. The van der Waals surface area contributed by atoms with E-state index in [9.17, 15) is 14.4 Å². The van der Waals surface area contributed by atoms with E-state index in [0.29, 0.717) is 12.6 Å². The molecule has 1 heterocycles. The molecule has 0 bridgehead atoms. The van der Waals surface area contributed by atoms with Gasteiger partial charge in [0.05, 0.1) is 19.7 Å². The molecule has 0 unspecified atom stereocenters. The van der Waals surface area contributed by atoms with E-state index in [4.69, 9.17) is 10.5 Å². The van der Waals surface area contributed by atoms with Gasteiger partial charge in [-0.05, 0) is 25.3 Å². The summed E-state index contributed by atoms with van der Waals surface area (Å²) in [5, 5.41) is 0. The summed E-state index contributed by atoms with van der Waals surface area (Å²) in [6, 6.07) is 8.49. The lowest BCUT2D eigenvalue weighted by Crippen LogP contribution is -2.40. The maximum Gasteiger partial charge on any atom is 0.330 e. The van der Waals surface area contributed by atoms with Gasteiger partial charge in [-0.2, -0.15) is 0 Å². The predicted molar refractivity (Wildman–Crippen MR) is 107 cm³/mol. The summed E-state index contributed by atoms with van der Waals surface area (Å²) in [7, 11) is 1.50. The largest absolute Gasteiger partial charge is 0.384 e. The van der Waals surface area contributed by atoms with Gasteiger partial charge in [-0.3, -0.25) is 24.0 Å². The van der Waals surface area contributed by atoms with Gasteiger partial charge in [0.1, 0.15) is 11.4 Å². The number of nitrogen functional groups attached to an aromatic ring is 1. The van der Waals surface area contributed by atoms with Crippen molar-refractivity contribution in [1.82, 2.24) is 14.5 Å². The Morgan fingerprint density at radius 2 is 1.96 bits per heavy atom. The van der Waals surface area contributed by atoms with E-state index in [1.165, 1.54) is 17.2 Å². The van der Waals surface area contributed by atoms with E-state index in [2.05, 4.69) is 9.88 Å². The summed E-state index contributed by atoms with van der Waals surface area (Å²) in [5.41, 5.74) is 6.75. The van der Waals surface area contributed by atoms with Gasteiger partial charge in [-0.1, -0.05) is 29.8 Å². The Balaban J connectivity index is 1.83. The van der Waals surface area contributed by atoms with Gasteiger partial charge < -0.3 is 10.5 Å². The third-order valence-electron chi connectivity index (χ3n) is 4.95. The molecule has 150 valence electrons. The Morgan fingerprint density at radius 1 is 1.29 bits per heavy atom. The topological polar surface area (TPSA) is 110 Å². The smallest absolute Gasteiger partial charge is 0.330 e. The van der Waals surface area contributed by atoms with E-state index in [1.54, 1.807) is 0 Å². The van der Waals surface area contributed by atoms with Crippen LogP contribution in [0.2, 0.25) is 0 Å². The minimum absolute atomic E-state index is 0.0777. The zero-order chi connectivity index (χ0) is 20.3. The molecule has 1 aromatic carbocycles. The highest BCUT2D eigenvalue weighted by molar-refractivity contribution is 6.01. The number of Topliss-reactive ketones (excluding diaryl/α,β-unsaturated/α-hetero) is 1. The number of aromatic amines is 1. The predicted octanol–water partition coefficient (Wildman–Crippen LogP) is 0.921. The normalized spacial score (nSPS) is 13.8. The van der Waals surface area contributed by atoms with Crippen LogP contribution in [-0.2, 0) is 17.8 Å². The fraction of sp³-hybridized carbons (Fsp3) is 0.450. The molecule has 0 saturated heterocycles. The van der Waals surface area contributed by atoms with Gasteiger partial charge in [0.15, 0.2) is 5.78 Å². The van der Waals surface area contributed by atoms with Crippen molar-refractivity contribution in [3.8, 4) is 0 Å². The number of benzene rings is 1. The lowest BCUT2D eigenvalue weighted by Gasteiger charge is -2.22. The first kappa shape index (κ1) is 20.0. The van der Waals surface area contributed by atoms with Crippen LogP contribution in [0.1, 0.15) is 34.3 Å². The quantitative estimate of drug-likeness (QED) is 0.620. The lowest BCUT2D eigenvalue weighted by molar-refractivity contribution is 0.0917. The van der Waals surface area contributed by atoms with Crippen molar-refractivity contribution in [3.05, 3.63) is 61.8 Å². The fourth-order valence-corrected chi connectivity index (χ4v) is 3.21. The average molecular weight is 386 g/mol. The first-order valence-corrected chi connectivity index (χ1v) is 9.35. The first-order valence-electron chi connectivity index (χ1n) is 9.35. The molecular formula is C20H26N4O4. The highest BCUT2D eigenvalue weighted by atomic mass is 16.5. The standard InChI is InChI=1S/C20H26N4O4/c1-13-3-5-14(6-4-13)11-23(15-7-8-15)12-16(25)17-18(21)24(9-10-28-2)20(27)22-19(17)26/h3-6,15H,7-12,21H2,1-2H3,(H,22,26,27). The van der Waals surface area contributed by atoms with Crippen molar-refractivity contribution >= 4 is 11.6 Å². The number of carbonyl (C=O) groups excluding carboxylic acids is 1. The zero-order valence-electron chi connectivity index (χ0n) is 16.2. The number of ketones is 1. The number of nitrogens with one attached hydrogen (secondary N) is 1. The van der Waals surface area contributed by atoms with Crippen molar-refractivity contribution in [2.24, 2.45) is 0 Å². The van der Waals surface area contributed by atoms with Crippen molar-refractivity contribution < 1.29 is 9.53 Å². The summed E-state index contributed by atoms with van der Waals surface area (Å²) >= 11 is 0. The molecule has 0 radical (unpaired) electrons. The van der Waals surface area contributed by atoms with Crippen LogP contribution < -0.4 is 17.0 Å². The molecule has 2 aromatic rings. The van der Waals surface area contributed by atoms with Crippen LogP contribution >= 0.6 is 0 Å². The maximum atomic E-state index is 12.9. The molecule has 28 heavy (non-hydrogen) atoms. The van der Waals surface area contributed by atoms with Gasteiger partial charge in [0.25, 0.3) is 5.56 Å². The molecule has 1 fully saturated rings. The number of hydrogen-bond donors (Lipinski definition) is 2. The number of hydrogen-bond acceptors (Lipinski definition) is 6. The third-order valence-corrected chi connectivity index (χ3v) is 4.95. The SMILES string of the molecule is COCCn1c(N)c(C(=O)CN(Cc2ccc(C)cc2)C2CC2)c(=O)[nH]c1=O. The fourth-order valence-electron chi connectivity index (χ4n) is 3.21. The molecule has 0 amide bonds. The number of aryl methyl sites for hydroxylation is 1. The zero-order valence-corrected chi connectivity index (χ0v) is 16.2. The molecule has 1 saturated carbocycles. The molecular weight excluding hydrogens is 360 g/mol. The van der Waals surface area contributed by atoms with Crippen LogP contribution in [0.5, 0.6) is 0 Å². The number of rotatable bonds is 9. The Bertz CT molecular complexity index is 958. The van der Waals surface area contributed by atoms with Crippen LogP contribution in [0.25, 0.3) is 0 Å². The van der Waals surface area contributed by atoms with Gasteiger partial charge in [-0.25, -0.2) is 4.79 Å². The van der Waals surface area contributed by atoms with E-state index >= 15 is 0 Å². The molecule has 0 aliphatic heterocycles. The van der Waals surface area contributed by atoms with Crippen LogP contribution in [0.3, 0.4) is 0 Å². The van der Waals surface area contributed by atoms with Crippen molar-refractivity contribution in [2.75, 3.05) is 26.0 Å². The number of ether oxygens (including phenoxy) is 1. The second kappa shape index (κ2) is 8.53. The van der Waals surface area contributed by atoms with E-state index < -0.39 is 11.2 Å². The van der Waals surface area contributed by atoms with Crippen LogP contribution in [-0.4, -0.2) is 46.5 Å². The molecule has 3 N–H and O–H groups in total. The average Bonchev–Trinajstić information content (AvgIpc) is 3.47. The number of methoxy groups -OCH3 is 1. The molecule has 1 aromatic heterocycles. The minimum Gasteiger partial charge on any atom is -0.384 e. The number of nitrogens with two attached hydrogens (primary N) is 1. The molecule has 0 atom stereocenters. The Hall–Kier alpha value is -2.71. The van der Waals surface area contributed by atoms with Crippen molar-refractivity contribution in [1.29, 1.82) is 0 Å². The second-order valence-electron chi connectivity index (χ2n) is 7.21. The van der Waals surface area contributed by atoms with Gasteiger partial charge in [0.2, 0.25) is 0 Å². The van der Waals surface area contributed by atoms with Crippen molar-refractivity contribution in [2.45, 2.75) is 38.9 Å². The van der Waals surface area contributed by atoms with E-state index in [0.717, 1.165) is 18.4 Å². The molecule has 0 spiro atoms. The summed E-state index contributed by atoms with van der Waals surface area (Å²) in [4.78, 5) is 41.4. The third kappa shape index (κ3) is 4.58. The number of anilines is 1. The van der Waals surface area contributed by atoms with Crippen LogP contribution in [0.4, 0.5) is 5.82 Å². The molecule has 3 rings (SSSR count). The van der Waals surface area contributed by atoms with Gasteiger partial charge >= 0.3 is 5.69 Å². The summed E-state index contributed by atoms with van der Waals surface area (Å²) in [6.45, 7) is 3.13. The second-order valence-corrected chi connectivity index (χ2v) is 7.21. The number of aromatic nitrogens is 2. The first-order chi connectivity index (χ1) is 13.4. The van der Waals surface area contributed by atoms with Gasteiger partial charge in [-0.15, -0.1) is 0 Å². The molecule has 1 aliphatic carbocycles.